The SMILES string of the molecule is COc1c(OCCCN2CCOCC2)ccc2c(Nc3ccc(Sc4nc(C)cc(C)n4)c(Cl)c3)c(C#N)cnc12. The maximum atomic E-state index is 9.85. The van der Waals surface area contributed by atoms with Gasteiger partial charge in [0.25, 0.3) is 0 Å². The first-order valence-corrected chi connectivity index (χ1v) is 14.5. The minimum atomic E-state index is 0.400. The normalized spacial score (nSPS) is 13.6. The van der Waals surface area contributed by atoms with Crippen LogP contribution in [-0.2, 0) is 4.74 Å². The quantitative estimate of drug-likeness (QED) is 0.170. The molecule has 0 spiro atoms. The first kappa shape index (κ1) is 28.9. The van der Waals surface area contributed by atoms with E-state index >= 15 is 0 Å². The fourth-order valence-corrected chi connectivity index (χ4v) is 5.85. The van der Waals surface area contributed by atoms with Crippen LogP contribution in [-0.4, -0.2) is 66.4 Å². The van der Waals surface area contributed by atoms with Gasteiger partial charge in [0, 0.05) is 53.2 Å². The number of aromatic nitrogens is 3. The Kier molecular flexibility index (Phi) is 9.42. The number of methoxy groups -OCH3 is 1. The standard InChI is InChI=1S/C30H31ClN6O3S/c1-19-15-20(2)35-30(34-19)41-26-8-5-22(16-24(26)31)36-27-21(17-32)18-33-28-23(27)6-7-25(29(28)38-3)40-12-4-9-37-10-13-39-14-11-37/h5-8,15-16,18H,4,9-14H2,1-3H3,(H,33,36). The lowest BCUT2D eigenvalue weighted by Crippen LogP contribution is -2.37. The van der Waals surface area contributed by atoms with Gasteiger partial charge in [-0.05, 0) is 68.4 Å². The van der Waals surface area contributed by atoms with E-state index in [1.54, 1.807) is 13.3 Å². The van der Waals surface area contributed by atoms with Crippen LogP contribution in [0, 0.1) is 25.2 Å². The van der Waals surface area contributed by atoms with E-state index in [2.05, 4.69) is 31.2 Å². The van der Waals surface area contributed by atoms with E-state index in [1.807, 2.05) is 50.2 Å². The molecular formula is C30H31ClN6O3S. The van der Waals surface area contributed by atoms with Gasteiger partial charge in [-0.25, -0.2) is 9.97 Å². The molecule has 2 aromatic carbocycles. The predicted molar refractivity (Wildman–Crippen MR) is 161 cm³/mol. The fourth-order valence-electron chi connectivity index (χ4n) is 4.69. The monoisotopic (exact) mass is 590 g/mol. The Morgan fingerprint density at radius 1 is 1.12 bits per heavy atom. The summed E-state index contributed by atoms with van der Waals surface area (Å²) in [7, 11) is 1.60. The van der Waals surface area contributed by atoms with Gasteiger partial charge in [-0.1, -0.05) is 11.6 Å². The van der Waals surface area contributed by atoms with Crippen LogP contribution in [0.3, 0.4) is 0 Å². The zero-order chi connectivity index (χ0) is 28.8. The number of fused-ring (bicyclic) bond motifs is 1. The molecule has 212 valence electrons. The van der Waals surface area contributed by atoms with Crippen LogP contribution >= 0.6 is 23.4 Å². The van der Waals surface area contributed by atoms with E-state index < -0.39 is 0 Å². The lowest BCUT2D eigenvalue weighted by molar-refractivity contribution is 0.0357. The van der Waals surface area contributed by atoms with Crippen molar-refractivity contribution in [1.82, 2.24) is 19.9 Å². The zero-order valence-corrected chi connectivity index (χ0v) is 24.8. The summed E-state index contributed by atoms with van der Waals surface area (Å²) in [4.78, 5) is 16.7. The first-order chi connectivity index (χ1) is 19.9. The summed E-state index contributed by atoms with van der Waals surface area (Å²) < 4.78 is 17.2. The molecule has 4 aromatic rings. The topological polar surface area (TPSA) is 105 Å². The van der Waals surface area contributed by atoms with Crippen molar-refractivity contribution in [3.05, 3.63) is 64.6 Å². The molecule has 0 bridgehead atoms. The number of halogens is 1. The average Bonchev–Trinajstić information content (AvgIpc) is 2.96. The van der Waals surface area contributed by atoms with Crippen LogP contribution in [0.1, 0.15) is 23.4 Å². The Labute approximate surface area is 248 Å². The smallest absolute Gasteiger partial charge is 0.192 e. The number of ether oxygens (including phenoxy) is 3. The van der Waals surface area contributed by atoms with Gasteiger partial charge in [0.2, 0.25) is 0 Å². The lowest BCUT2D eigenvalue weighted by atomic mass is 10.1. The Hall–Kier alpha value is -3.62. The summed E-state index contributed by atoms with van der Waals surface area (Å²) in [6.45, 7) is 8.85. The Morgan fingerprint density at radius 3 is 2.61 bits per heavy atom. The first-order valence-electron chi connectivity index (χ1n) is 13.3. The molecule has 9 nitrogen and oxygen atoms in total. The van der Waals surface area contributed by atoms with Crippen LogP contribution in [0.25, 0.3) is 10.9 Å². The van der Waals surface area contributed by atoms with Crippen LogP contribution < -0.4 is 14.8 Å². The number of benzene rings is 2. The molecule has 0 radical (unpaired) electrons. The maximum absolute atomic E-state index is 9.85. The number of pyridine rings is 1. The molecule has 0 aliphatic carbocycles. The third kappa shape index (κ3) is 7.00. The minimum absolute atomic E-state index is 0.400. The molecule has 0 amide bonds. The molecule has 1 aliphatic rings. The number of nitrogens with zero attached hydrogens (tertiary/aromatic N) is 5. The van der Waals surface area contributed by atoms with Gasteiger partial charge in [0.05, 0.1) is 43.2 Å². The van der Waals surface area contributed by atoms with Gasteiger partial charge in [-0.3, -0.25) is 9.88 Å². The second-order valence-corrected chi connectivity index (χ2v) is 11.0. The van der Waals surface area contributed by atoms with Crippen molar-refractivity contribution in [2.45, 2.75) is 30.3 Å². The number of rotatable bonds is 10. The van der Waals surface area contributed by atoms with E-state index in [0.717, 1.165) is 66.6 Å². The summed E-state index contributed by atoms with van der Waals surface area (Å²) in [6.07, 6.45) is 2.43. The van der Waals surface area contributed by atoms with Crippen molar-refractivity contribution < 1.29 is 14.2 Å². The summed E-state index contributed by atoms with van der Waals surface area (Å²) in [6, 6.07) is 13.6. The molecule has 2 aromatic heterocycles. The molecule has 1 saturated heterocycles. The molecule has 0 unspecified atom stereocenters. The molecule has 0 saturated carbocycles. The molecule has 1 fully saturated rings. The lowest BCUT2D eigenvalue weighted by Gasteiger charge is -2.26. The highest BCUT2D eigenvalue weighted by Crippen LogP contribution is 2.40. The second-order valence-electron chi connectivity index (χ2n) is 9.61. The van der Waals surface area contributed by atoms with E-state index in [0.29, 0.717) is 45.1 Å². The highest BCUT2D eigenvalue weighted by atomic mass is 35.5. The van der Waals surface area contributed by atoms with E-state index in [-0.39, 0.29) is 0 Å². The maximum Gasteiger partial charge on any atom is 0.192 e. The Balaban J connectivity index is 1.35. The summed E-state index contributed by atoms with van der Waals surface area (Å²) in [5.74, 6) is 1.14. The largest absolute Gasteiger partial charge is 0.491 e. The van der Waals surface area contributed by atoms with Crippen molar-refractivity contribution in [2.24, 2.45) is 0 Å². The van der Waals surface area contributed by atoms with Crippen LogP contribution in [0.5, 0.6) is 11.5 Å². The number of aryl methyl sites for hydroxylation is 2. The molecular weight excluding hydrogens is 560 g/mol. The zero-order valence-electron chi connectivity index (χ0n) is 23.2. The van der Waals surface area contributed by atoms with Crippen molar-refractivity contribution in [2.75, 3.05) is 51.9 Å². The van der Waals surface area contributed by atoms with E-state index in [1.165, 1.54) is 11.8 Å². The summed E-state index contributed by atoms with van der Waals surface area (Å²) >= 11 is 8.06. The Bertz CT molecular complexity index is 1570. The van der Waals surface area contributed by atoms with E-state index in [9.17, 15) is 5.26 Å². The number of nitriles is 1. The van der Waals surface area contributed by atoms with Gasteiger partial charge < -0.3 is 19.5 Å². The highest BCUT2D eigenvalue weighted by molar-refractivity contribution is 7.99. The van der Waals surface area contributed by atoms with Gasteiger partial charge in [0.1, 0.15) is 11.6 Å². The molecule has 3 heterocycles. The van der Waals surface area contributed by atoms with E-state index in [4.69, 9.17) is 25.8 Å². The number of hydrogen-bond acceptors (Lipinski definition) is 10. The minimum Gasteiger partial charge on any atom is -0.491 e. The fraction of sp³-hybridized carbons (Fsp3) is 0.333. The molecule has 1 N–H and O–H groups in total. The molecule has 11 heteroatoms. The molecule has 1 aliphatic heterocycles. The summed E-state index contributed by atoms with van der Waals surface area (Å²) in [5.41, 5.74) is 4.15. The number of nitrogens with one attached hydrogen (secondary N) is 1. The predicted octanol–water partition coefficient (Wildman–Crippen LogP) is 6.17. The van der Waals surface area contributed by atoms with Gasteiger partial charge in [0.15, 0.2) is 16.7 Å². The van der Waals surface area contributed by atoms with Gasteiger partial charge in [-0.2, -0.15) is 5.26 Å². The summed E-state index contributed by atoms with van der Waals surface area (Å²) in [5, 5.41) is 15.2. The van der Waals surface area contributed by atoms with Crippen LogP contribution in [0.15, 0.2) is 52.6 Å². The van der Waals surface area contributed by atoms with Crippen molar-refractivity contribution in [3.8, 4) is 17.6 Å². The van der Waals surface area contributed by atoms with Crippen molar-refractivity contribution >= 4 is 45.6 Å². The molecule has 0 atom stereocenters. The number of anilines is 2. The highest BCUT2D eigenvalue weighted by Gasteiger charge is 2.18. The second kappa shape index (κ2) is 13.4. The molecule has 5 rings (SSSR count). The average molecular weight is 591 g/mol. The third-order valence-electron chi connectivity index (χ3n) is 6.63. The van der Waals surface area contributed by atoms with Crippen molar-refractivity contribution in [3.63, 3.8) is 0 Å². The van der Waals surface area contributed by atoms with Crippen LogP contribution in [0.2, 0.25) is 5.02 Å². The number of morpholine rings is 1. The Morgan fingerprint density at radius 2 is 1.90 bits per heavy atom. The van der Waals surface area contributed by atoms with Crippen molar-refractivity contribution in [1.29, 1.82) is 5.26 Å². The van der Waals surface area contributed by atoms with Gasteiger partial charge >= 0.3 is 0 Å². The van der Waals surface area contributed by atoms with Crippen LogP contribution in [0.4, 0.5) is 11.4 Å². The van der Waals surface area contributed by atoms with Gasteiger partial charge in [-0.15, -0.1) is 0 Å². The number of hydrogen-bond donors (Lipinski definition) is 1. The molecule has 41 heavy (non-hydrogen) atoms. The third-order valence-corrected chi connectivity index (χ3v) is 7.99.